The molecule has 8 heteroatoms. The molecule has 7 nitrogen and oxygen atoms in total. The first-order chi connectivity index (χ1) is 13.6. The second kappa shape index (κ2) is 8.26. The maximum atomic E-state index is 10.2. The van der Waals surface area contributed by atoms with E-state index in [9.17, 15) is 5.11 Å². The van der Waals surface area contributed by atoms with Crippen molar-refractivity contribution >= 4 is 11.5 Å². The number of para-hydroxylation sites is 1. The van der Waals surface area contributed by atoms with Gasteiger partial charge in [-0.15, -0.1) is 0 Å². The number of hydrogen-bond acceptors (Lipinski definition) is 8. The van der Waals surface area contributed by atoms with Crippen molar-refractivity contribution in [3.8, 4) is 56.9 Å². The molecule has 0 aliphatic carbocycles. The van der Waals surface area contributed by atoms with Crippen LogP contribution in [-0.2, 0) is 0 Å². The molecule has 0 aliphatic heterocycles. The van der Waals surface area contributed by atoms with Crippen molar-refractivity contribution < 1.29 is 28.8 Å². The summed E-state index contributed by atoms with van der Waals surface area (Å²) < 4.78 is 32.0. The molecule has 0 radical (unpaired) electrons. The van der Waals surface area contributed by atoms with Gasteiger partial charge in [-0.25, -0.2) is 0 Å². The fourth-order valence-corrected chi connectivity index (χ4v) is 3.78. The van der Waals surface area contributed by atoms with Crippen molar-refractivity contribution in [3.63, 3.8) is 0 Å². The van der Waals surface area contributed by atoms with E-state index in [2.05, 4.69) is 4.37 Å². The van der Waals surface area contributed by atoms with Crippen molar-refractivity contribution in [2.75, 3.05) is 35.5 Å². The number of benzene rings is 2. The summed E-state index contributed by atoms with van der Waals surface area (Å²) in [5, 5.41) is 12.0. The van der Waals surface area contributed by atoms with Crippen LogP contribution >= 0.6 is 11.5 Å². The molecular formula is C20H21NO6S. The normalized spacial score (nSPS) is 10.5. The first kappa shape index (κ1) is 19.6. The molecule has 28 heavy (non-hydrogen) atoms. The third-order valence-corrected chi connectivity index (χ3v) is 4.93. The Bertz CT molecular complexity index is 985. The number of aromatic hydroxyl groups is 1. The van der Waals surface area contributed by atoms with Crippen molar-refractivity contribution in [1.82, 2.24) is 4.37 Å². The predicted octanol–water partition coefficient (Wildman–Crippen LogP) is 4.23. The third kappa shape index (κ3) is 3.16. The van der Waals surface area contributed by atoms with Crippen molar-refractivity contribution in [2.45, 2.75) is 0 Å². The predicted molar refractivity (Wildman–Crippen MR) is 107 cm³/mol. The first-order valence-electron chi connectivity index (χ1n) is 8.29. The van der Waals surface area contributed by atoms with Crippen LogP contribution in [0.5, 0.6) is 34.5 Å². The highest BCUT2D eigenvalue weighted by Crippen LogP contribution is 2.52. The maximum Gasteiger partial charge on any atom is 0.207 e. The quantitative estimate of drug-likeness (QED) is 0.632. The largest absolute Gasteiger partial charge is 0.504 e. The van der Waals surface area contributed by atoms with Crippen LogP contribution in [0.1, 0.15) is 0 Å². The Morgan fingerprint density at radius 3 is 2.04 bits per heavy atom. The Morgan fingerprint density at radius 2 is 1.43 bits per heavy atom. The molecule has 3 aromatic rings. The van der Waals surface area contributed by atoms with Gasteiger partial charge < -0.3 is 28.8 Å². The number of rotatable bonds is 7. The highest BCUT2D eigenvalue weighted by molar-refractivity contribution is 7.04. The molecule has 148 valence electrons. The fraction of sp³-hybridized carbons (Fsp3) is 0.250. The van der Waals surface area contributed by atoms with Crippen LogP contribution in [-0.4, -0.2) is 45.0 Å². The lowest BCUT2D eigenvalue weighted by molar-refractivity contribution is 0.306. The minimum absolute atomic E-state index is 0.0378. The van der Waals surface area contributed by atoms with Gasteiger partial charge in [-0.2, -0.15) is 4.37 Å². The number of hydrogen-bond donors (Lipinski definition) is 1. The molecule has 0 bridgehead atoms. The molecule has 3 rings (SSSR count). The van der Waals surface area contributed by atoms with Crippen LogP contribution in [0.15, 0.2) is 29.6 Å². The lowest BCUT2D eigenvalue weighted by Gasteiger charge is -2.19. The van der Waals surface area contributed by atoms with Crippen molar-refractivity contribution in [1.29, 1.82) is 0 Å². The molecule has 0 atom stereocenters. The zero-order chi connectivity index (χ0) is 20.3. The summed E-state index contributed by atoms with van der Waals surface area (Å²) in [5.41, 5.74) is 2.80. The van der Waals surface area contributed by atoms with Gasteiger partial charge in [0.25, 0.3) is 0 Å². The van der Waals surface area contributed by atoms with Crippen molar-refractivity contribution in [2.24, 2.45) is 0 Å². The summed E-state index contributed by atoms with van der Waals surface area (Å²) in [7, 11) is 7.69. The summed E-state index contributed by atoms with van der Waals surface area (Å²) in [6.45, 7) is 0. The summed E-state index contributed by atoms with van der Waals surface area (Å²) >= 11 is 1.28. The zero-order valence-corrected chi connectivity index (χ0v) is 17.0. The van der Waals surface area contributed by atoms with Crippen LogP contribution in [0.25, 0.3) is 22.4 Å². The Balaban J connectivity index is 2.31. The van der Waals surface area contributed by atoms with Crippen LogP contribution in [0.3, 0.4) is 0 Å². The molecule has 0 fully saturated rings. The zero-order valence-electron chi connectivity index (χ0n) is 16.2. The summed E-state index contributed by atoms with van der Waals surface area (Å²) in [5.74, 6) is 2.22. The SMILES string of the molecule is COc1cc(-c2csnc2-c2cccc(O)c2OC)c(OC)c(OC)c1OC. The number of ether oxygens (including phenoxy) is 5. The van der Waals surface area contributed by atoms with Crippen LogP contribution in [0, 0.1) is 0 Å². The Morgan fingerprint density at radius 1 is 0.750 bits per heavy atom. The molecule has 1 heterocycles. The van der Waals surface area contributed by atoms with Crippen molar-refractivity contribution in [3.05, 3.63) is 29.6 Å². The minimum Gasteiger partial charge on any atom is -0.504 e. The average Bonchev–Trinajstić information content (AvgIpc) is 3.21. The Labute approximate surface area is 167 Å². The van der Waals surface area contributed by atoms with Gasteiger partial charge in [0.05, 0.1) is 41.2 Å². The lowest BCUT2D eigenvalue weighted by Crippen LogP contribution is -2.00. The van der Waals surface area contributed by atoms with Gasteiger partial charge in [0, 0.05) is 22.1 Å². The standard InChI is InChI=1S/C20H21NO6S/c1-23-15-9-12(18(25-3)20(27-5)19(15)26-4)13-10-28-21-16(13)11-7-6-8-14(22)17(11)24-2/h6-10,22H,1-5H3. The summed E-state index contributed by atoms with van der Waals surface area (Å²) in [6, 6.07) is 6.95. The van der Waals surface area contributed by atoms with Gasteiger partial charge in [0.15, 0.2) is 23.0 Å². The monoisotopic (exact) mass is 403 g/mol. The second-order valence-corrected chi connectivity index (χ2v) is 6.29. The molecule has 1 N–H and O–H groups in total. The fourth-order valence-electron chi connectivity index (χ4n) is 3.08. The highest BCUT2D eigenvalue weighted by Gasteiger charge is 2.26. The highest BCUT2D eigenvalue weighted by atomic mass is 32.1. The Hall–Kier alpha value is -3.13. The number of phenols is 1. The van der Waals surface area contributed by atoms with E-state index in [-0.39, 0.29) is 5.75 Å². The van der Waals surface area contributed by atoms with Gasteiger partial charge >= 0.3 is 0 Å². The topological polar surface area (TPSA) is 79.3 Å². The van der Waals surface area contributed by atoms with E-state index in [0.717, 1.165) is 5.56 Å². The van der Waals surface area contributed by atoms with Crippen LogP contribution in [0.4, 0.5) is 0 Å². The van der Waals surface area contributed by atoms with Gasteiger partial charge in [-0.1, -0.05) is 6.07 Å². The summed E-state index contributed by atoms with van der Waals surface area (Å²) in [6.07, 6.45) is 0. The van der Waals surface area contributed by atoms with Crippen LogP contribution in [0.2, 0.25) is 0 Å². The number of methoxy groups -OCH3 is 5. The molecule has 0 saturated carbocycles. The van der Waals surface area contributed by atoms with Gasteiger partial charge in [0.2, 0.25) is 11.5 Å². The smallest absolute Gasteiger partial charge is 0.207 e. The molecular weight excluding hydrogens is 382 g/mol. The third-order valence-electron chi connectivity index (χ3n) is 4.30. The molecule has 0 amide bonds. The summed E-state index contributed by atoms with van der Waals surface area (Å²) in [4.78, 5) is 0. The minimum atomic E-state index is 0.0378. The van der Waals surface area contributed by atoms with Gasteiger partial charge in [0.1, 0.15) is 0 Å². The number of phenolic OH excluding ortho intramolecular Hbond substituents is 1. The van der Waals surface area contributed by atoms with E-state index in [4.69, 9.17) is 23.7 Å². The van der Waals surface area contributed by atoms with E-state index >= 15 is 0 Å². The van der Waals surface area contributed by atoms with E-state index < -0.39 is 0 Å². The molecule has 0 saturated heterocycles. The van der Waals surface area contributed by atoms with Gasteiger partial charge in [-0.3, -0.25) is 0 Å². The molecule has 0 unspecified atom stereocenters. The van der Waals surface area contributed by atoms with E-state index in [1.165, 1.54) is 32.9 Å². The molecule has 0 aliphatic rings. The molecule has 0 spiro atoms. The lowest BCUT2D eigenvalue weighted by atomic mass is 9.99. The number of aromatic nitrogens is 1. The second-order valence-electron chi connectivity index (χ2n) is 5.66. The average molecular weight is 403 g/mol. The number of nitrogens with zero attached hydrogens (tertiary/aromatic N) is 1. The van der Waals surface area contributed by atoms with E-state index in [0.29, 0.717) is 45.6 Å². The van der Waals surface area contributed by atoms with Crippen LogP contribution < -0.4 is 23.7 Å². The van der Waals surface area contributed by atoms with Gasteiger partial charge in [-0.05, 0) is 29.7 Å². The molecule has 1 aromatic heterocycles. The van der Waals surface area contributed by atoms with E-state index in [1.54, 1.807) is 26.4 Å². The maximum absolute atomic E-state index is 10.2. The molecule has 2 aromatic carbocycles. The van der Waals surface area contributed by atoms with E-state index in [1.807, 2.05) is 17.5 Å². The first-order valence-corrected chi connectivity index (χ1v) is 9.12. The Kier molecular flexibility index (Phi) is 5.79.